The summed E-state index contributed by atoms with van der Waals surface area (Å²) in [6, 6.07) is 45.8. The number of aromatic hydroxyl groups is 2. The highest BCUT2D eigenvalue weighted by molar-refractivity contribution is 9.11. The molecule has 0 heterocycles. The van der Waals surface area contributed by atoms with E-state index in [2.05, 4.69) is 89.0 Å². The van der Waals surface area contributed by atoms with Gasteiger partial charge in [0.25, 0.3) is 0 Å². The van der Waals surface area contributed by atoms with Crippen LogP contribution in [0.25, 0.3) is 0 Å². The van der Waals surface area contributed by atoms with Gasteiger partial charge in [0.15, 0.2) is 0 Å². The van der Waals surface area contributed by atoms with Crippen molar-refractivity contribution in [2.45, 2.75) is 78.6 Å². The van der Waals surface area contributed by atoms with E-state index in [9.17, 15) is 0 Å². The Bertz CT molecular complexity index is 1920. The maximum absolute atomic E-state index is 9.09. The molecule has 0 atom stereocenters. The van der Waals surface area contributed by atoms with Crippen molar-refractivity contribution in [2.75, 3.05) is 12.3 Å². The highest BCUT2D eigenvalue weighted by Gasteiger charge is 1.97. The van der Waals surface area contributed by atoms with Crippen LogP contribution in [-0.2, 0) is 0 Å². The van der Waals surface area contributed by atoms with E-state index in [1.54, 1.807) is 48.5 Å². The van der Waals surface area contributed by atoms with Gasteiger partial charge in [-0.15, -0.1) is 0 Å². The average Bonchev–Trinajstić information content (AvgIpc) is 3.27. The van der Waals surface area contributed by atoms with Crippen LogP contribution in [0.3, 0.4) is 0 Å². The molecule has 0 unspecified atom stereocenters. The van der Waals surface area contributed by atoms with Crippen molar-refractivity contribution in [1.29, 1.82) is 0 Å². The van der Waals surface area contributed by atoms with Gasteiger partial charge in [-0.25, -0.2) is 0 Å². The lowest BCUT2D eigenvalue weighted by molar-refractivity contribution is 0.305. The first-order valence-corrected chi connectivity index (χ1v) is 22.6. The molecular weight excluding hydrogens is 946 g/mol. The molecule has 318 valence electrons. The van der Waals surface area contributed by atoms with Gasteiger partial charge in [-0.3, -0.25) is 0 Å². The number of phenols is 2. The number of halogens is 3. The molecule has 60 heavy (non-hydrogen) atoms. The van der Waals surface area contributed by atoms with Crippen molar-refractivity contribution >= 4 is 76.2 Å². The number of hydrogen-bond acceptors (Lipinski definition) is 8. The van der Waals surface area contributed by atoms with Crippen molar-refractivity contribution in [1.82, 2.24) is 0 Å². The van der Waals surface area contributed by atoms with E-state index >= 15 is 0 Å². The minimum atomic E-state index is 0.225. The second kappa shape index (κ2) is 32.9. The second-order valence-electron chi connectivity index (χ2n) is 13.2. The number of azo groups is 2. The fourth-order valence-electron chi connectivity index (χ4n) is 4.66. The van der Waals surface area contributed by atoms with Crippen LogP contribution in [0.15, 0.2) is 186 Å². The predicted octanol–water partition coefficient (Wildman–Crippen LogP) is 17.8. The fourth-order valence-corrected chi connectivity index (χ4v) is 5.45. The van der Waals surface area contributed by atoms with Crippen LogP contribution in [0, 0.1) is 0 Å². The highest BCUT2D eigenvalue weighted by Crippen LogP contribution is 2.24. The average molecular weight is 1000 g/mol. The first kappa shape index (κ1) is 51.3. The lowest BCUT2D eigenvalue weighted by Crippen LogP contribution is -1.96. The molecule has 6 aromatic carbocycles. The van der Waals surface area contributed by atoms with Crippen molar-refractivity contribution < 1.29 is 14.9 Å². The summed E-state index contributed by atoms with van der Waals surface area (Å²) < 4.78 is 8.81. The largest absolute Gasteiger partial charge is 0.508 e. The zero-order chi connectivity index (χ0) is 43.6. The van der Waals surface area contributed by atoms with Gasteiger partial charge in [-0.05, 0) is 140 Å². The Morgan fingerprint density at radius 3 is 1.10 bits per heavy atom. The third kappa shape index (κ3) is 26.3. The van der Waals surface area contributed by atoms with Crippen LogP contribution >= 0.6 is 47.8 Å². The van der Waals surface area contributed by atoms with Gasteiger partial charge in [-0.1, -0.05) is 138 Å². The number of rotatable bonds is 14. The van der Waals surface area contributed by atoms with E-state index in [1.165, 1.54) is 51.4 Å². The lowest BCUT2D eigenvalue weighted by Gasteiger charge is -2.05. The van der Waals surface area contributed by atoms with Crippen LogP contribution in [0.4, 0.5) is 28.4 Å². The topological polar surface area (TPSA) is 125 Å². The molecule has 4 N–H and O–H groups in total. The number of unbranched alkanes of at least 4 members (excludes halogenated alkanes) is 7. The molecule has 0 fully saturated rings. The predicted molar refractivity (Wildman–Crippen MR) is 262 cm³/mol. The fraction of sp³-hybridized carbons (Fsp3) is 0.265. The van der Waals surface area contributed by atoms with Crippen molar-refractivity contribution in [3.8, 4) is 17.2 Å². The van der Waals surface area contributed by atoms with E-state index in [1.807, 2.05) is 103 Å². The Morgan fingerprint density at radius 2 is 0.750 bits per heavy atom. The first-order chi connectivity index (χ1) is 29.1. The maximum atomic E-state index is 9.09. The number of anilines is 1. The van der Waals surface area contributed by atoms with Gasteiger partial charge in [0, 0.05) is 19.1 Å². The molecular formula is C49H58Br3N5O3. The molecule has 0 aliphatic heterocycles. The summed E-state index contributed by atoms with van der Waals surface area (Å²) in [5.41, 5.74) is 9.36. The Kier molecular flexibility index (Phi) is 28.2. The summed E-state index contributed by atoms with van der Waals surface area (Å²) in [4.78, 5) is 0. The summed E-state index contributed by atoms with van der Waals surface area (Å²) in [6.45, 7) is 7.48. The normalized spacial score (nSPS) is 10.2. The molecule has 0 amide bonds. The SMILES string of the molecule is CCCCCCC.CCCCCCOc1ccc(N=Nc2ccc(Br)cc2)cc1.Nc1ccc(Br)cc1.Oc1ccc(N=Nc2ccc(Br)cc2)cc1.Oc1ccccc1. The van der Waals surface area contributed by atoms with Gasteiger partial charge < -0.3 is 20.7 Å². The Morgan fingerprint density at radius 1 is 0.417 bits per heavy atom. The second-order valence-corrected chi connectivity index (χ2v) is 16.0. The number of para-hydroxylation sites is 1. The van der Waals surface area contributed by atoms with E-state index in [-0.39, 0.29) is 5.75 Å². The van der Waals surface area contributed by atoms with Gasteiger partial charge in [0.1, 0.15) is 17.2 Å². The Labute approximate surface area is 382 Å². The summed E-state index contributed by atoms with van der Waals surface area (Å²) >= 11 is 10.0. The standard InChI is InChI=1S/C18H21BrN2O.C12H9BrN2O.C7H16.C6H6BrN.C6H6O/c1-2-3-4-5-14-22-18-12-10-17(11-13-18)21-20-16-8-6-15(19)7-9-16;13-9-1-3-10(4-2-9)14-15-11-5-7-12(16)8-6-11;1-3-5-7-6-4-2;7-5-1-3-6(8)4-2-5;7-6-4-2-1-3-5-6/h6-13H,2-5,14H2,1H3;1-8,16H;3-7H2,1-2H3;1-4H,8H2;1-5,7H. The van der Waals surface area contributed by atoms with Crippen molar-refractivity contribution in [3.63, 3.8) is 0 Å². The maximum Gasteiger partial charge on any atom is 0.119 e. The molecule has 0 aliphatic carbocycles. The van der Waals surface area contributed by atoms with Crippen LogP contribution in [0.2, 0.25) is 0 Å². The lowest BCUT2D eigenvalue weighted by atomic mass is 10.2. The highest BCUT2D eigenvalue weighted by atomic mass is 79.9. The van der Waals surface area contributed by atoms with E-state index in [0.717, 1.165) is 54.9 Å². The van der Waals surface area contributed by atoms with E-state index in [4.69, 9.17) is 20.7 Å². The van der Waals surface area contributed by atoms with E-state index < -0.39 is 0 Å². The molecule has 6 rings (SSSR count). The summed E-state index contributed by atoms with van der Waals surface area (Å²) in [5.74, 6) is 1.43. The molecule has 0 radical (unpaired) electrons. The number of ether oxygens (including phenoxy) is 1. The molecule has 0 bridgehead atoms. The number of benzene rings is 6. The first-order valence-electron chi connectivity index (χ1n) is 20.2. The number of nitrogens with two attached hydrogens (primary N) is 1. The number of nitrogens with zero attached hydrogens (tertiary/aromatic N) is 4. The Hall–Kier alpha value is -4.84. The number of phenolic OH excluding ortho intramolecular Hbond substituents is 2. The summed E-state index contributed by atoms with van der Waals surface area (Å²) in [7, 11) is 0. The third-order valence-electron chi connectivity index (χ3n) is 8.00. The molecule has 0 aliphatic rings. The van der Waals surface area contributed by atoms with Gasteiger partial charge in [0.2, 0.25) is 0 Å². The zero-order valence-corrected chi connectivity index (χ0v) is 39.6. The Balaban J connectivity index is 0.000000283. The van der Waals surface area contributed by atoms with Crippen molar-refractivity contribution in [2.24, 2.45) is 20.5 Å². The molecule has 8 nitrogen and oxygen atoms in total. The smallest absolute Gasteiger partial charge is 0.119 e. The molecule has 11 heteroatoms. The molecule has 0 spiro atoms. The number of nitrogen functional groups attached to an aromatic ring is 1. The minimum Gasteiger partial charge on any atom is -0.508 e. The molecule has 0 aromatic heterocycles. The van der Waals surface area contributed by atoms with Gasteiger partial charge >= 0.3 is 0 Å². The van der Waals surface area contributed by atoms with Gasteiger partial charge in [0.05, 0.1) is 29.4 Å². The summed E-state index contributed by atoms with van der Waals surface area (Å²) in [6.07, 6.45) is 11.9. The van der Waals surface area contributed by atoms with Crippen molar-refractivity contribution in [3.05, 3.63) is 165 Å². The quantitative estimate of drug-likeness (QED) is 0.0571. The zero-order valence-electron chi connectivity index (χ0n) is 34.8. The molecule has 0 saturated heterocycles. The van der Waals surface area contributed by atoms with Crippen LogP contribution in [-0.4, -0.2) is 16.8 Å². The third-order valence-corrected chi connectivity index (χ3v) is 9.59. The molecule has 6 aromatic rings. The van der Waals surface area contributed by atoms with Gasteiger partial charge in [-0.2, -0.15) is 20.5 Å². The van der Waals surface area contributed by atoms with Crippen LogP contribution in [0.5, 0.6) is 17.2 Å². The van der Waals surface area contributed by atoms with E-state index in [0.29, 0.717) is 11.4 Å². The summed E-state index contributed by atoms with van der Waals surface area (Å²) in [5, 5.41) is 34.3. The minimum absolute atomic E-state index is 0.225. The monoisotopic (exact) mass is 1000 g/mol. The molecule has 0 saturated carbocycles. The van der Waals surface area contributed by atoms with Crippen LogP contribution in [0.1, 0.15) is 78.6 Å². The number of hydrogen-bond donors (Lipinski definition) is 3. The van der Waals surface area contributed by atoms with Crippen LogP contribution < -0.4 is 10.5 Å².